The number of nitrogens with two attached hydrogens (primary N) is 1. The van der Waals surface area contributed by atoms with Crippen molar-refractivity contribution in [1.29, 1.82) is 0 Å². The molecular formula is C21H25N5. The summed E-state index contributed by atoms with van der Waals surface area (Å²) in [5.74, 6) is 1.47. The summed E-state index contributed by atoms with van der Waals surface area (Å²) < 4.78 is 2.27. The molecule has 1 aromatic carbocycles. The number of piperidine rings is 1. The van der Waals surface area contributed by atoms with Crippen molar-refractivity contribution < 1.29 is 0 Å². The van der Waals surface area contributed by atoms with Crippen LogP contribution < -0.4 is 5.73 Å². The van der Waals surface area contributed by atoms with Gasteiger partial charge in [-0.3, -0.25) is 0 Å². The van der Waals surface area contributed by atoms with E-state index in [1.165, 1.54) is 5.56 Å². The maximum absolute atomic E-state index is 5.88. The van der Waals surface area contributed by atoms with Crippen LogP contribution in [0.25, 0.3) is 11.4 Å². The number of imidazole rings is 1. The zero-order chi connectivity index (χ0) is 18.0. The Labute approximate surface area is 154 Å². The number of likely N-dealkylation sites (tertiary alicyclic amines) is 1. The summed E-state index contributed by atoms with van der Waals surface area (Å²) in [5, 5.41) is 0. The number of hydrogen-bond acceptors (Lipinski definition) is 4. The van der Waals surface area contributed by atoms with Crippen molar-refractivity contribution in [2.45, 2.75) is 24.8 Å². The van der Waals surface area contributed by atoms with Crippen molar-refractivity contribution in [3.8, 4) is 11.4 Å². The summed E-state index contributed by atoms with van der Waals surface area (Å²) in [6, 6.07) is 14.8. The molecule has 3 heterocycles. The molecule has 1 saturated heterocycles. The molecule has 0 radical (unpaired) electrons. The number of rotatable bonds is 4. The molecule has 3 aromatic rings. The molecule has 134 valence electrons. The van der Waals surface area contributed by atoms with Gasteiger partial charge in [0.1, 0.15) is 11.6 Å². The van der Waals surface area contributed by atoms with Crippen LogP contribution in [0.4, 0.5) is 5.82 Å². The molecule has 5 heteroatoms. The monoisotopic (exact) mass is 347 g/mol. The molecule has 4 rings (SSSR count). The first-order valence-electron chi connectivity index (χ1n) is 9.13. The molecule has 0 spiro atoms. The second kappa shape index (κ2) is 6.92. The fourth-order valence-corrected chi connectivity index (χ4v) is 3.99. The lowest BCUT2D eigenvalue weighted by molar-refractivity contribution is 0.170. The third-order valence-corrected chi connectivity index (χ3v) is 5.56. The quantitative estimate of drug-likeness (QED) is 0.787. The molecule has 1 fully saturated rings. The largest absolute Gasteiger partial charge is 0.384 e. The van der Waals surface area contributed by atoms with E-state index < -0.39 is 0 Å². The number of pyridine rings is 1. The Hall–Kier alpha value is -2.66. The Kier molecular flexibility index (Phi) is 4.47. The third kappa shape index (κ3) is 3.22. The molecule has 5 nitrogen and oxygen atoms in total. The van der Waals surface area contributed by atoms with Gasteiger partial charge in [-0.1, -0.05) is 30.3 Å². The molecule has 0 atom stereocenters. The van der Waals surface area contributed by atoms with Gasteiger partial charge in [-0.05, 0) is 50.7 Å². The van der Waals surface area contributed by atoms with Crippen LogP contribution in [0.5, 0.6) is 0 Å². The zero-order valence-electron chi connectivity index (χ0n) is 15.2. The predicted molar refractivity (Wildman–Crippen MR) is 105 cm³/mol. The molecule has 0 saturated carbocycles. The van der Waals surface area contributed by atoms with Crippen molar-refractivity contribution in [2.75, 3.05) is 25.9 Å². The topological polar surface area (TPSA) is 60.0 Å². The average Bonchev–Trinajstić information content (AvgIpc) is 3.12. The van der Waals surface area contributed by atoms with Gasteiger partial charge < -0.3 is 15.2 Å². The Balaban J connectivity index is 1.71. The summed E-state index contributed by atoms with van der Waals surface area (Å²) in [5.41, 5.74) is 8.44. The third-order valence-electron chi connectivity index (χ3n) is 5.56. The van der Waals surface area contributed by atoms with E-state index in [0.717, 1.165) is 43.9 Å². The van der Waals surface area contributed by atoms with Crippen molar-refractivity contribution in [3.63, 3.8) is 0 Å². The standard InChI is InChI=1S/C21H25N5/c1-25-12-8-21(9-13-25,18-5-3-2-4-6-18)16-26-14-11-24-20(26)17-7-10-23-19(22)15-17/h2-7,10-11,14-15H,8-9,12-13,16H2,1H3,(H2,22,23). The van der Waals surface area contributed by atoms with Crippen LogP contribution in [0, 0.1) is 0 Å². The van der Waals surface area contributed by atoms with E-state index >= 15 is 0 Å². The van der Waals surface area contributed by atoms with E-state index in [4.69, 9.17) is 5.73 Å². The average molecular weight is 347 g/mol. The van der Waals surface area contributed by atoms with Crippen LogP contribution in [-0.2, 0) is 12.0 Å². The Bertz CT molecular complexity index is 863. The van der Waals surface area contributed by atoms with E-state index in [0.29, 0.717) is 5.82 Å². The second-order valence-electron chi connectivity index (χ2n) is 7.30. The number of hydrogen-bond donors (Lipinski definition) is 1. The Morgan fingerprint density at radius 3 is 2.54 bits per heavy atom. The van der Waals surface area contributed by atoms with Crippen LogP contribution in [0.1, 0.15) is 18.4 Å². The number of nitrogen functional groups attached to an aromatic ring is 1. The Morgan fingerprint density at radius 2 is 1.81 bits per heavy atom. The highest BCUT2D eigenvalue weighted by Crippen LogP contribution is 2.38. The molecule has 1 aliphatic heterocycles. The van der Waals surface area contributed by atoms with Gasteiger partial charge in [0, 0.05) is 36.1 Å². The van der Waals surface area contributed by atoms with Gasteiger partial charge in [0.2, 0.25) is 0 Å². The normalized spacial score (nSPS) is 17.3. The summed E-state index contributed by atoms with van der Waals surface area (Å²) >= 11 is 0. The van der Waals surface area contributed by atoms with Crippen LogP contribution in [-0.4, -0.2) is 39.6 Å². The molecule has 0 aliphatic carbocycles. The molecule has 0 amide bonds. The van der Waals surface area contributed by atoms with E-state index in [-0.39, 0.29) is 5.41 Å². The molecular weight excluding hydrogens is 322 g/mol. The minimum Gasteiger partial charge on any atom is -0.384 e. The highest BCUT2D eigenvalue weighted by molar-refractivity contribution is 5.59. The molecule has 0 bridgehead atoms. The van der Waals surface area contributed by atoms with Crippen LogP contribution in [0.2, 0.25) is 0 Å². The van der Waals surface area contributed by atoms with Gasteiger partial charge in [-0.2, -0.15) is 0 Å². The lowest BCUT2D eigenvalue weighted by Crippen LogP contribution is -2.43. The van der Waals surface area contributed by atoms with Gasteiger partial charge in [0.05, 0.1) is 0 Å². The maximum Gasteiger partial charge on any atom is 0.140 e. The highest BCUT2D eigenvalue weighted by atomic mass is 15.1. The van der Waals surface area contributed by atoms with Gasteiger partial charge in [0.15, 0.2) is 0 Å². The molecule has 1 aliphatic rings. The number of benzene rings is 1. The zero-order valence-corrected chi connectivity index (χ0v) is 15.2. The fraction of sp³-hybridized carbons (Fsp3) is 0.333. The number of aromatic nitrogens is 3. The molecule has 0 unspecified atom stereocenters. The van der Waals surface area contributed by atoms with Crippen LogP contribution in [0.15, 0.2) is 61.1 Å². The van der Waals surface area contributed by atoms with Crippen molar-refractivity contribution in [2.24, 2.45) is 0 Å². The lowest BCUT2D eigenvalue weighted by atomic mass is 9.72. The first-order chi connectivity index (χ1) is 12.7. The maximum atomic E-state index is 5.88. The molecule has 2 N–H and O–H groups in total. The lowest BCUT2D eigenvalue weighted by Gasteiger charge is -2.41. The van der Waals surface area contributed by atoms with E-state index in [2.05, 4.69) is 63.0 Å². The summed E-state index contributed by atoms with van der Waals surface area (Å²) in [4.78, 5) is 11.1. The SMILES string of the molecule is CN1CCC(Cn2ccnc2-c2ccnc(N)c2)(c2ccccc2)CC1. The second-order valence-corrected chi connectivity index (χ2v) is 7.30. The predicted octanol–water partition coefficient (Wildman–Crippen LogP) is 3.19. The summed E-state index contributed by atoms with van der Waals surface area (Å²) in [6.07, 6.45) is 7.98. The first kappa shape index (κ1) is 16.8. The van der Waals surface area contributed by atoms with E-state index in [1.54, 1.807) is 6.20 Å². The minimum absolute atomic E-state index is 0.127. The van der Waals surface area contributed by atoms with Gasteiger partial charge in [-0.25, -0.2) is 9.97 Å². The smallest absolute Gasteiger partial charge is 0.140 e. The summed E-state index contributed by atoms with van der Waals surface area (Å²) in [6.45, 7) is 3.14. The Morgan fingerprint density at radius 1 is 1.04 bits per heavy atom. The van der Waals surface area contributed by atoms with Gasteiger partial charge in [-0.15, -0.1) is 0 Å². The van der Waals surface area contributed by atoms with Gasteiger partial charge >= 0.3 is 0 Å². The minimum atomic E-state index is 0.127. The summed E-state index contributed by atoms with van der Waals surface area (Å²) in [7, 11) is 2.21. The van der Waals surface area contributed by atoms with Crippen molar-refractivity contribution >= 4 is 5.82 Å². The number of anilines is 1. The van der Waals surface area contributed by atoms with E-state index in [1.807, 2.05) is 18.3 Å². The van der Waals surface area contributed by atoms with E-state index in [9.17, 15) is 0 Å². The highest BCUT2D eigenvalue weighted by Gasteiger charge is 2.36. The molecule has 26 heavy (non-hydrogen) atoms. The number of nitrogens with zero attached hydrogens (tertiary/aromatic N) is 4. The van der Waals surface area contributed by atoms with Gasteiger partial charge in [0.25, 0.3) is 0 Å². The van der Waals surface area contributed by atoms with Crippen molar-refractivity contribution in [1.82, 2.24) is 19.4 Å². The first-order valence-corrected chi connectivity index (χ1v) is 9.13. The molecule has 2 aromatic heterocycles. The fourth-order valence-electron chi connectivity index (χ4n) is 3.99. The van der Waals surface area contributed by atoms with Crippen LogP contribution in [0.3, 0.4) is 0 Å². The van der Waals surface area contributed by atoms with Crippen molar-refractivity contribution in [3.05, 3.63) is 66.6 Å². The van der Waals surface area contributed by atoms with Crippen LogP contribution >= 0.6 is 0 Å².